The van der Waals surface area contributed by atoms with Crippen molar-refractivity contribution in [3.8, 4) is 0 Å². The van der Waals surface area contributed by atoms with Crippen molar-refractivity contribution in [3.63, 3.8) is 0 Å². The van der Waals surface area contributed by atoms with E-state index in [2.05, 4.69) is 35.8 Å². The van der Waals surface area contributed by atoms with E-state index in [1.807, 2.05) is 11.8 Å². The number of thioether (sulfide) groups is 3. The highest BCUT2D eigenvalue weighted by atomic mass is 32.2. The third-order valence-corrected chi connectivity index (χ3v) is 6.71. The minimum atomic E-state index is 0.186. The van der Waals surface area contributed by atoms with Gasteiger partial charge in [-0.15, -0.1) is 30.1 Å². The van der Waals surface area contributed by atoms with E-state index in [0.717, 1.165) is 17.0 Å². The second kappa shape index (κ2) is 9.38. The maximum atomic E-state index is 4.73. The third-order valence-electron chi connectivity index (χ3n) is 4.16. The Morgan fingerprint density at radius 1 is 1.24 bits per heavy atom. The Hall–Kier alpha value is 0.220. The third kappa shape index (κ3) is 5.73. The van der Waals surface area contributed by atoms with E-state index in [0.29, 0.717) is 0 Å². The van der Waals surface area contributed by atoms with E-state index >= 15 is 0 Å². The SMILES string of the molecule is C=CC1CCCC(CSC2=NC(SC)NC(SC)N2)CC1. The van der Waals surface area contributed by atoms with Crippen molar-refractivity contribution < 1.29 is 0 Å². The second-order valence-electron chi connectivity index (χ2n) is 5.63. The summed E-state index contributed by atoms with van der Waals surface area (Å²) in [6.45, 7) is 3.96. The number of amidine groups is 1. The number of rotatable bonds is 5. The maximum Gasteiger partial charge on any atom is 0.160 e. The number of nitrogens with zero attached hydrogens (tertiary/aromatic N) is 1. The summed E-state index contributed by atoms with van der Waals surface area (Å²) < 4.78 is 0. The number of allylic oxidation sites excluding steroid dienone is 1. The van der Waals surface area contributed by atoms with Crippen LogP contribution in [0, 0.1) is 11.8 Å². The predicted molar refractivity (Wildman–Crippen MR) is 101 cm³/mol. The van der Waals surface area contributed by atoms with Crippen molar-refractivity contribution in [3.05, 3.63) is 12.7 Å². The molecule has 21 heavy (non-hydrogen) atoms. The van der Waals surface area contributed by atoms with Gasteiger partial charge in [0.25, 0.3) is 0 Å². The highest BCUT2D eigenvalue weighted by Gasteiger charge is 2.22. The van der Waals surface area contributed by atoms with Crippen LogP contribution in [0.3, 0.4) is 0 Å². The average molecular weight is 346 g/mol. The van der Waals surface area contributed by atoms with Gasteiger partial charge in [-0.05, 0) is 50.0 Å². The molecule has 0 amide bonds. The number of hydrogen-bond acceptors (Lipinski definition) is 6. The van der Waals surface area contributed by atoms with Gasteiger partial charge in [0.2, 0.25) is 0 Å². The zero-order valence-corrected chi connectivity index (χ0v) is 15.5. The number of hydrogen-bond donors (Lipinski definition) is 2. The van der Waals surface area contributed by atoms with Gasteiger partial charge >= 0.3 is 0 Å². The minimum absolute atomic E-state index is 0.186. The molecular weight excluding hydrogens is 318 g/mol. The van der Waals surface area contributed by atoms with Crippen LogP contribution in [0.2, 0.25) is 0 Å². The summed E-state index contributed by atoms with van der Waals surface area (Å²) in [4.78, 5) is 4.73. The van der Waals surface area contributed by atoms with Gasteiger partial charge in [-0.1, -0.05) is 24.3 Å². The summed E-state index contributed by atoms with van der Waals surface area (Å²) in [7, 11) is 0. The van der Waals surface area contributed by atoms with Crippen LogP contribution in [-0.2, 0) is 0 Å². The van der Waals surface area contributed by atoms with Gasteiger partial charge in [-0.2, -0.15) is 0 Å². The molecular formula is C15H27N3S3. The van der Waals surface area contributed by atoms with Gasteiger partial charge in [-0.3, -0.25) is 5.32 Å². The van der Waals surface area contributed by atoms with Gasteiger partial charge in [-0.25, -0.2) is 4.99 Å². The van der Waals surface area contributed by atoms with E-state index in [1.165, 1.54) is 37.9 Å². The van der Waals surface area contributed by atoms with Crippen molar-refractivity contribution in [1.82, 2.24) is 10.6 Å². The van der Waals surface area contributed by atoms with Crippen molar-refractivity contribution >= 4 is 40.5 Å². The Morgan fingerprint density at radius 3 is 2.81 bits per heavy atom. The van der Waals surface area contributed by atoms with E-state index in [4.69, 9.17) is 4.99 Å². The molecule has 1 aliphatic carbocycles. The highest BCUT2D eigenvalue weighted by Crippen LogP contribution is 2.30. The molecule has 2 aliphatic rings. The molecule has 0 aromatic rings. The molecule has 6 heteroatoms. The maximum absolute atomic E-state index is 4.73. The Morgan fingerprint density at radius 2 is 2.10 bits per heavy atom. The predicted octanol–water partition coefficient (Wildman–Crippen LogP) is 3.94. The quantitative estimate of drug-likeness (QED) is 0.583. The normalized spacial score (nSPS) is 33.7. The summed E-state index contributed by atoms with van der Waals surface area (Å²) >= 11 is 5.46. The molecule has 4 unspecified atom stereocenters. The molecule has 2 N–H and O–H groups in total. The molecule has 1 aliphatic heterocycles. The molecule has 0 radical (unpaired) electrons. The Bertz CT molecular complexity index is 362. The van der Waals surface area contributed by atoms with Gasteiger partial charge in [0.05, 0.1) is 0 Å². The summed E-state index contributed by atoms with van der Waals surface area (Å²) in [5.74, 6) is 2.77. The molecule has 3 nitrogen and oxygen atoms in total. The fourth-order valence-electron chi connectivity index (χ4n) is 2.80. The Kier molecular flexibility index (Phi) is 7.85. The van der Waals surface area contributed by atoms with E-state index in [1.54, 1.807) is 23.5 Å². The van der Waals surface area contributed by atoms with Crippen LogP contribution in [0.15, 0.2) is 17.6 Å². The van der Waals surface area contributed by atoms with Crippen molar-refractivity contribution in [2.24, 2.45) is 16.8 Å². The Balaban J connectivity index is 1.81. The molecule has 0 aromatic carbocycles. The Labute approximate surface area is 142 Å². The van der Waals surface area contributed by atoms with Crippen LogP contribution in [0.4, 0.5) is 0 Å². The molecule has 2 rings (SSSR count). The number of aliphatic imine (C=N–C) groups is 1. The molecule has 1 fully saturated rings. The molecule has 0 saturated heterocycles. The van der Waals surface area contributed by atoms with Crippen molar-refractivity contribution in [2.75, 3.05) is 18.3 Å². The van der Waals surface area contributed by atoms with Crippen LogP contribution in [0.5, 0.6) is 0 Å². The van der Waals surface area contributed by atoms with Gasteiger partial charge in [0.1, 0.15) is 5.50 Å². The topological polar surface area (TPSA) is 36.4 Å². The first kappa shape index (κ1) is 17.6. The highest BCUT2D eigenvalue weighted by molar-refractivity contribution is 8.14. The van der Waals surface area contributed by atoms with Gasteiger partial charge in [0, 0.05) is 5.75 Å². The second-order valence-corrected chi connectivity index (χ2v) is 8.50. The first-order valence-corrected chi connectivity index (χ1v) is 11.2. The molecule has 1 saturated carbocycles. The molecule has 0 aromatic heterocycles. The molecule has 4 atom stereocenters. The van der Waals surface area contributed by atoms with Crippen LogP contribution >= 0.6 is 35.3 Å². The summed E-state index contributed by atoms with van der Waals surface area (Å²) in [6, 6.07) is 0. The fraction of sp³-hybridized carbons (Fsp3) is 0.800. The fourth-order valence-corrected chi connectivity index (χ4v) is 5.11. The lowest BCUT2D eigenvalue weighted by atomic mass is 9.99. The van der Waals surface area contributed by atoms with Crippen LogP contribution in [-0.4, -0.2) is 34.4 Å². The first-order chi connectivity index (χ1) is 10.2. The average Bonchev–Trinajstić information content (AvgIpc) is 2.77. The van der Waals surface area contributed by atoms with Gasteiger partial charge < -0.3 is 5.32 Å². The molecule has 120 valence electrons. The zero-order valence-electron chi connectivity index (χ0n) is 13.0. The number of nitrogens with one attached hydrogen (secondary N) is 2. The lowest BCUT2D eigenvalue weighted by Crippen LogP contribution is -2.50. The van der Waals surface area contributed by atoms with Crippen LogP contribution < -0.4 is 10.6 Å². The monoisotopic (exact) mass is 345 g/mol. The van der Waals surface area contributed by atoms with E-state index < -0.39 is 0 Å². The van der Waals surface area contributed by atoms with Crippen molar-refractivity contribution in [1.29, 1.82) is 0 Å². The zero-order chi connectivity index (χ0) is 15.1. The molecule has 0 spiro atoms. The lowest BCUT2D eigenvalue weighted by molar-refractivity contribution is 0.502. The van der Waals surface area contributed by atoms with E-state index in [-0.39, 0.29) is 11.0 Å². The smallest absolute Gasteiger partial charge is 0.160 e. The standard InChI is InChI=1S/C15H27N3S3/c1-4-11-6-5-7-12(9-8-11)10-21-15-17-13(19-2)16-14(18-15)20-3/h4,11-14,16H,1,5-10H2,2-3H3,(H,17,18). The summed E-state index contributed by atoms with van der Waals surface area (Å²) in [5, 5.41) is 8.03. The van der Waals surface area contributed by atoms with Crippen LogP contribution in [0.25, 0.3) is 0 Å². The minimum Gasteiger partial charge on any atom is -0.341 e. The molecule has 1 heterocycles. The largest absolute Gasteiger partial charge is 0.341 e. The molecule has 0 bridgehead atoms. The summed E-state index contributed by atoms with van der Waals surface area (Å²) in [6.07, 6.45) is 13.1. The first-order valence-electron chi connectivity index (χ1n) is 7.66. The summed E-state index contributed by atoms with van der Waals surface area (Å²) in [5.41, 5.74) is 0.465. The van der Waals surface area contributed by atoms with Gasteiger partial charge in [0.15, 0.2) is 10.7 Å². The van der Waals surface area contributed by atoms with E-state index in [9.17, 15) is 0 Å². The van der Waals surface area contributed by atoms with Crippen molar-refractivity contribution in [2.45, 2.75) is 43.1 Å². The van der Waals surface area contributed by atoms with Crippen LogP contribution in [0.1, 0.15) is 32.1 Å². The lowest BCUT2D eigenvalue weighted by Gasteiger charge is -2.29.